The summed E-state index contributed by atoms with van der Waals surface area (Å²) in [6.07, 6.45) is 0. The number of hydrogen-bond acceptors (Lipinski definition) is 4. The highest BCUT2D eigenvalue weighted by Crippen LogP contribution is 2.01. The number of hydrogen-bond donors (Lipinski definition) is 5. The number of nitrogens with one attached hydrogen (secondary N) is 3. The van der Waals surface area contributed by atoms with Gasteiger partial charge in [0.1, 0.15) is 6.04 Å². The van der Waals surface area contributed by atoms with Crippen LogP contribution in [0, 0.1) is 0 Å². The maximum Gasteiger partial charge on any atom is 0.337 e. The van der Waals surface area contributed by atoms with E-state index >= 15 is 0 Å². The summed E-state index contributed by atoms with van der Waals surface area (Å²) < 4.78 is 0. The van der Waals surface area contributed by atoms with Crippen LogP contribution in [0.15, 0.2) is 0 Å². The number of urea groups is 1. The van der Waals surface area contributed by atoms with Gasteiger partial charge >= 0.3 is 12.0 Å². The quantitative estimate of drug-likeness (QED) is 0.463. The normalized spacial score (nSPS) is 15.7. The lowest BCUT2D eigenvalue weighted by molar-refractivity contribution is -0.155. The molecule has 0 aromatic carbocycles. The lowest BCUT2D eigenvalue weighted by Gasteiger charge is -2.24. The van der Waals surface area contributed by atoms with E-state index in [1.807, 2.05) is 20.8 Å². The molecule has 0 bridgehead atoms. The van der Waals surface area contributed by atoms with E-state index in [2.05, 4.69) is 16.0 Å². The smallest absolute Gasteiger partial charge is 0.337 e. The second-order valence-corrected chi connectivity index (χ2v) is 5.87. The second kappa shape index (κ2) is 6.56. The molecule has 0 fully saturated rings. The number of aliphatic carboxylic acids is 1. The van der Waals surface area contributed by atoms with Crippen molar-refractivity contribution in [1.82, 2.24) is 16.0 Å². The Kier molecular flexibility index (Phi) is 5.96. The number of carboxylic acid groups (broad SMARTS) is 1. The van der Waals surface area contributed by atoms with E-state index < -0.39 is 35.7 Å². The molecule has 0 heterocycles. The fraction of sp³-hybridized carbons (Fsp3) is 0.750. The summed E-state index contributed by atoms with van der Waals surface area (Å²) in [5, 5.41) is 25.3. The molecule has 0 saturated carbocycles. The number of rotatable bonds is 5. The zero-order chi connectivity index (χ0) is 16.1. The summed E-state index contributed by atoms with van der Waals surface area (Å²) in [4.78, 5) is 33.8. The van der Waals surface area contributed by atoms with E-state index in [0.717, 1.165) is 6.92 Å². The van der Waals surface area contributed by atoms with E-state index in [4.69, 9.17) is 5.11 Å². The monoisotopic (exact) mass is 289 g/mol. The van der Waals surface area contributed by atoms with E-state index in [1.54, 1.807) is 0 Å². The van der Waals surface area contributed by atoms with Crippen LogP contribution in [0.1, 0.15) is 34.6 Å². The van der Waals surface area contributed by atoms with Gasteiger partial charge in [-0.2, -0.15) is 0 Å². The SMILES string of the molecule is CC(NC(=O)NCC(C)(O)C(=O)O)C(=O)NC(C)(C)C. The van der Waals surface area contributed by atoms with Gasteiger partial charge in [0.2, 0.25) is 5.91 Å². The molecule has 0 aliphatic heterocycles. The molecule has 5 N–H and O–H groups in total. The summed E-state index contributed by atoms with van der Waals surface area (Å²) in [6, 6.07) is -1.52. The Labute approximate surface area is 117 Å². The molecular weight excluding hydrogens is 266 g/mol. The minimum atomic E-state index is -2.06. The van der Waals surface area contributed by atoms with Gasteiger partial charge in [-0.25, -0.2) is 9.59 Å². The molecule has 8 nitrogen and oxygen atoms in total. The Bertz CT molecular complexity index is 387. The molecule has 3 amide bonds. The van der Waals surface area contributed by atoms with Crippen molar-refractivity contribution < 1.29 is 24.6 Å². The molecule has 2 atom stereocenters. The van der Waals surface area contributed by atoms with Crippen LogP contribution in [0.3, 0.4) is 0 Å². The number of carbonyl (C=O) groups excluding carboxylic acids is 2. The molecule has 20 heavy (non-hydrogen) atoms. The maximum absolute atomic E-state index is 11.7. The topological polar surface area (TPSA) is 128 Å². The maximum atomic E-state index is 11.7. The molecule has 0 radical (unpaired) electrons. The van der Waals surface area contributed by atoms with Gasteiger partial charge in [0.25, 0.3) is 0 Å². The molecule has 116 valence electrons. The van der Waals surface area contributed by atoms with Crippen molar-refractivity contribution in [2.75, 3.05) is 6.54 Å². The van der Waals surface area contributed by atoms with Gasteiger partial charge in [0.15, 0.2) is 5.60 Å². The Hall–Kier alpha value is -1.83. The highest BCUT2D eigenvalue weighted by Gasteiger charge is 2.30. The molecule has 8 heteroatoms. The van der Waals surface area contributed by atoms with Crippen molar-refractivity contribution in [2.45, 2.75) is 51.8 Å². The van der Waals surface area contributed by atoms with Gasteiger partial charge in [-0.05, 0) is 34.6 Å². The lowest BCUT2D eigenvalue weighted by atomic mass is 10.1. The van der Waals surface area contributed by atoms with E-state index in [-0.39, 0.29) is 5.91 Å². The first-order chi connectivity index (χ1) is 8.85. The first-order valence-corrected chi connectivity index (χ1v) is 6.17. The third-order valence-electron chi connectivity index (χ3n) is 2.29. The van der Waals surface area contributed by atoms with Crippen LogP contribution in [0.2, 0.25) is 0 Å². The van der Waals surface area contributed by atoms with Crippen molar-refractivity contribution in [3.05, 3.63) is 0 Å². The van der Waals surface area contributed by atoms with Crippen LogP contribution < -0.4 is 16.0 Å². The van der Waals surface area contributed by atoms with Crippen molar-refractivity contribution >= 4 is 17.9 Å². The summed E-state index contributed by atoms with van der Waals surface area (Å²) in [5.74, 6) is -1.81. The van der Waals surface area contributed by atoms with Crippen molar-refractivity contribution in [3.8, 4) is 0 Å². The van der Waals surface area contributed by atoms with Gasteiger partial charge in [0, 0.05) is 5.54 Å². The van der Waals surface area contributed by atoms with Crippen LogP contribution in [0.4, 0.5) is 4.79 Å². The first kappa shape index (κ1) is 18.2. The van der Waals surface area contributed by atoms with E-state index in [9.17, 15) is 19.5 Å². The van der Waals surface area contributed by atoms with E-state index in [0.29, 0.717) is 0 Å². The molecule has 0 aromatic heterocycles. The summed E-state index contributed by atoms with van der Waals surface area (Å²) in [6.45, 7) is 7.51. The highest BCUT2D eigenvalue weighted by molar-refractivity contribution is 5.87. The third kappa shape index (κ3) is 6.93. The van der Waals surface area contributed by atoms with Crippen molar-refractivity contribution in [3.63, 3.8) is 0 Å². The Balaban J connectivity index is 4.28. The largest absolute Gasteiger partial charge is 0.479 e. The molecule has 0 spiro atoms. The summed E-state index contributed by atoms with van der Waals surface area (Å²) in [7, 11) is 0. The first-order valence-electron chi connectivity index (χ1n) is 6.17. The minimum Gasteiger partial charge on any atom is -0.479 e. The van der Waals surface area contributed by atoms with Crippen LogP contribution in [0.25, 0.3) is 0 Å². The fourth-order valence-electron chi connectivity index (χ4n) is 1.12. The molecule has 2 unspecified atom stereocenters. The Morgan fingerprint density at radius 2 is 1.65 bits per heavy atom. The summed E-state index contributed by atoms with van der Waals surface area (Å²) >= 11 is 0. The van der Waals surface area contributed by atoms with Gasteiger partial charge in [-0.15, -0.1) is 0 Å². The van der Waals surface area contributed by atoms with Crippen LogP contribution in [-0.2, 0) is 9.59 Å². The van der Waals surface area contributed by atoms with Gasteiger partial charge < -0.3 is 26.2 Å². The van der Waals surface area contributed by atoms with E-state index in [1.165, 1.54) is 6.92 Å². The Morgan fingerprint density at radius 3 is 2.05 bits per heavy atom. The third-order valence-corrected chi connectivity index (χ3v) is 2.29. The van der Waals surface area contributed by atoms with Crippen molar-refractivity contribution in [1.29, 1.82) is 0 Å². The van der Waals surface area contributed by atoms with Gasteiger partial charge in [-0.3, -0.25) is 4.79 Å². The number of carbonyl (C=O) groups is 3. The average Bonchev–Trinajstić information content (AvgIpc) is 2.23. The number of carboxylic acids is 1. The standard InChI is InChI=1S/C12H23N3O5/c1-7(8(16)15-11(2,3)4)14-10(19)13-6-12(5,20)9(17)18/h7,20H,6H2,1-5H3,(H,15,16)(H,17,18)(H2,13,14,19). The van der Waals surface area contributed by atoms with Gasteiger partial charge in [-0.1, -0.05) is 0 Å². The number of aliphatic hydroxyl groups is 1. The number of amides is 3. The molecule has 0 rings (SSSR count). The second-order valence-electron chi connectivity index (χ2n) is 5.87. The van der Waals surface area contributed by atoms with Crippen LogP contribution in [0.5, 0.6) is 0 Å². The van der Waals surface area contributed by atoms with Crippen LogP contribution >= 0.6 is 0 Å². The average molecular weight is 289 g/mol. The van der Waals surface area contributed by atoms with Gasteiger partial charge in [0.05, 0.1) is 6.54 Å². The molecule has 0 saturated heterocycles. The molecular formula is C12H23N3O5. The zero-order valence-electron chi connectivity index (χ0n) is 12.4. The molecule has 0 aliphatic rings. The predicted octanol–water partition coefficient (Wildman–Crippen LogP) is -0.576. The fourth-order valence-corrected chi connectivity index (χ4v) is 1.12. The molecule has 0 aliphatic carbocycles. The van der Waals surface area contributed by atoms with Crippen LogP contribution in [-0.4, -0.2) is 51.8 Å². The van der Waals surface area contributed by atoms with Crippen molar-refractivity contribution in [2.24, 2.45) is 0 Å². The molecule has 0 aromatic rings. The Morgan fingerprint density at radius 1 is 1.15 bits per heavy atom. The zero-order valence-corrected chi connectivity index (χ0v) is 12.4. The lowest BCUT2D eigenvalue weighted by Crippen LogP contribution is -2.55. The highest BCUT2D eigenvalue weighted by atomic mass is 16.4. The predicted molar refractivity (Wildman–Crippen MR) is 72.2 cm³/mol. The minimum absolute atomic E-state index is 0.363. The summed E-state index contributed by atoms with van der Waals surface area (Å²) in [5.41, 5.74) is -2.48.